The van der Waals surface area contributed by atoms with E-state index in [1.807, 2.05) is 74.5 Å². The van der Waals surface area contributed by atoms with E-state index in [-0.39, 0.29) is 43.4 Å². The van der Waals surface area contributed by atoms with Gasteiger partial charge in [0.1, 0.15) is 12.3 Å². The number of rotatable bonds is 6. The van der Waals surface area contributed by atoms with Crippen molar-refractivity contribution < 1.29 is 27.9 Å². The molecule has 190 valence electrons. The zero-order valence-electron chi connectivity index (χ0n) is 20.2. The molecule has 0 spiro atoms. The van der Waals surface area contributed by atoms with Crippen LogP contribution < -0.4 is 0 Å². The Kier molecular flexibility index (Phi) is 8.94. The highest BCUT2D eigenvalue weighted by molar-refractivity contribution is 5.84. The number of halogens is 3. The lowest BCUT2D eigenvalue weighted by molar-refractivity contribution is -0.137. The Morgan fingerprint density at radius 1 is 0.800 bits per heavy atom. The van der Waals surface area contributed by atoms with Gasteiger partial charge >= 0.3 is 0 Å². The lowest BCUT2D eigenvalue weighted by Crippen LogP contribution is -2.32. The van der Waals surface area contributed by atoms with Gasteiger partial charge in [0.05, 0.1) is 12.1 Å². The van der Waals surface area contributed by atoms with Crippen molar-refractivity contribution in [3.05, 3.63) is 71.8 Å². The number of carbonyl (C=O) groups excluding carboxylic acids is 2. The van der Waals surface area contributed by atoms with E-state index in [4.69, 9.17) is 0 Å². The first-order chi connectivity index (χ1) is 16.6. The summed E-state index contributed by atoms with van der Waals surface area (Å²) < 4.78 is 38.5. The molecule has 0 radical (unpaired) electrons. The number of carbonyl (C=O) groups is 2. The Morgan fingerprint density at radius 2 is 1.29 bits per heavy atom. The second-order valence-electron chi connectivity index (χ2n) is 9.29. The largest absolute Gasteiger partial charge is 0.383 e. The summed E-state index contributed by atoms with van der Waals surface area (Å²) in [6.07, 6.45) is -4.84. The van der Waals surface area contributed by atoms with Gasteiger partial charge in [-0.05, 0) is 31.9 Å². The second-order valence-corrected chi connectivity index (χ2v) is 9.29. The fourth-order valence-electron chi connectivity index (χ4n) is 4.64. The van der Waals surface area contributed by atoms with Crippen molar-refractivity contribution in [3.63, 3.8) is 0 Å². The highest BCUT2D eigenvalue weighted by atomic mass is 19.3. The normalized spacial score (nSPS) is 24.9. The molecule has 2 aromatic rings. The number of likely N-dealkylation sites (tertiary alicyclic amines) is 2. The summed E-state index contributed by atoms with van der Waals surface area (Å²) in [5, 5.41) is 9.76. The van der Waals surface area contributed by atoms with Gasteiger partial charge in [0, 0.05) is 31.3 Å². The first-order valence-corrected chi connectivity index (χ1v) is 11.9. The van der Waals surface area contributed by atoms with E-state index in [0.717, 1.165) is 11.1 Å². The molecule has 4 rings (SSSR count). The predicted octanol–water partition coefficient (Wildman–Crippen LogP) is 4.79. The predicted molar refractivity (Wildman–Crippen MR) is 127 cm³/mol. The molecule has 0 saturated carbocycles. The van der Waals surface area contributed by atoms with Crippen LogP contribution in [0.15, 0.2) is 60.7 Å². The first-order valence-electron chi connectivity index (χ1n) is 11.9. The molecule has 35 heavy (non-hydrogen) atoms. The lowest BCUT2D eigenvalue weighted by Gasteiger charge is -2.25. The summed E-state index contributed by atoms with van der Waals surface area (Å²) in [6, 6.07) is 18.8. The van der Waals surface area contributed by atoms with Crippen LogP contribution in [0.5, 0.6) is 0 Å². The molecule has 3 unspecified atom stereocenters. The summed E-state index contributed by atoms with van der Waals surface area (Å²) in [7, 11) is 0. The van der Waals surface area contributed by atoms with Crippen LogP contribution in [0.3, 0.4) is 0 Å². The Hall–Kier alpha value is -2.87. The van der Waals surface area contributed by atoms with Gasteiger partial charge in [-0.15, -0.1) is 0 Å². The van der Waals surface area contributed by atoms with Crippen LogP contribution in [0, 0.1) is 11.8 Å². The maximum atomic E-state index is 13.3. The zero-order chi connectivity index (χ0) is 25.7. The van der Waals surface area contributed by atoms with Crippen molar-refractivity contribution in [2.45, 2.75) is 58.0 Å². The Bertz CT molecular complexity index is 974. The summed E-state index contributed by atoms with van der Waals surface area (Å²) in [5.41, 5.74) is 1.97. The van der Waals surface area contributed by atoms with E-state index >= 15 is 0 Å². The van der Waals surface area contributed by atoms with Crippen LogP contribution in [0.1, 0.15) is 50.4 Å². The summed E-state index contributed by atoms with van der Waals surface area (Å²) in [5.74, 6) is -1.98. The van der Waals surface area contributed by atoms with Crippen LogP contribution in [0.25, 0.3) is 0 Å². The monoisotopic (exact) mass is 490 g/mol. The average Bonchev–Trinajstić information content (AvgIpc) is 3.39. The Morgan fingerprint density at radius 3 is 1.69 bits per heavy atom. The van der Waals surface area contributed by atoms with Gasteiger partial charge in [-0.1, -0.05) is 60.7 Å². The minimum absolute atomic E-state index is 0.0329. The van der Waals surface area contributed by atoms with Crippen LogP contribution >= 0.6 is 0 Å². The number of aliphatic hydroxyl groups is 1. The fraction of sp³-hybridized carbons (Fsp3) is 0.481. The quantitative estimate of drug-likeness (QED) is 0.634. The molecule has 0 bridgehead atoms. The highest BCUT2D eigenvalue weighted by Gasteiger charge is 2.44. The van der Waals surface area contributed by atoms with E-state index in [1.165, 1.54) is 6.92 Å². The fourth-order valence-corrected chi connectivity index (χ4v) is 4.64. The third kappa shape index (κ3) is 6.23. The number of amides is 2. The molecule has 8 heteroatoms. The maximum absolute atomic E-state index is 13.3. The van der Waals surface area contributed by atoms with Crippen molar-refractivity contribution in [2.24, 2.45) is 11.8 Å². The van der Waals surface area contributed by atoms with Gasteiger partial charge in [-0.25, -0.2) is 13.2 Å². The second kappa shape index (κ2) is 11.7. The number of alkyl halides is 3. The molecule has 6 atom stereocenters. The van der Waals surface area contributed by atoms with Crippen LogP contribution in [0.4, 0.5) is 13.2 Å². The molecule has 0 aliphatic carbocycles. The minimum Gasteiger partial charge on any atom is -0.383 e. The van der Waals surface area contributed by atoms with Crippen LogP contribution in [-0.4, -0.2) is 58.5 Å². The molecule has 2 aliphatic rings. The van der Waals surface area contributed by atoms with Crippen molar-refractivity contribution in [3.8, 4) is 0 Å². The molecule has 2 saturated heterocycles. The lowest BCUT2D eigenvalue weighted by atomic mass is 10.0. The molecular weight excluding hydrogens is 457 g/mol. The van der Waals surface area contributed by atoms with E-state index in [0.29, 0.717) is 0 Å². The smallest absolute Gasteiger partial charge is 0.252 e. The van der Waals surface area contributed by atoms with Crippen molar-refractivity contribution >= 4 is 11.8 Å². The van der Waals surface area contributed by atoms with Gasteiger partial charge in [0.15, 0.2) is 0 Å². The standard InChI is InChI=1S/C14H18FNO2.C13H15F2NO/c1-9(15)12-8-16(14(18)13(12)17)10(2)11-6-4-3-5-7-11;1-9(10-5-3-2-4-6-10)16-8-11(13(14)15)7-12(16)17/h3-7,9-10,12-13,17H,8H2,1-2H3;2-6,9,11,13H,7-8H2,1H3/t9?,10-,12?,13-;9-,11?/m11/s1. The van der Waals surface area contributed by atoms with Gasteiger partial charge in [-0.2, -0.15) is 0 Å². The summed E-state index contributed by atoms with van der Waals surface area (Å²) in [6.45, 7) is 5.59. The average molecular weight is 491 g/mol. The Balaban J connectivity index is 0.000000196. The molecule has 2 aromatic carbocycles. The molecule has 5 nitrogen and oxygen atoms in total. The zero-order valence-corrected chi connectivity index (χ0v) is 20.2. The van der Waals surface area contributed by atoms with Crippen molar-refractivity contribution in [1.29, 1.82) is 0 Å². The SMILES string of the molecule is CC(F)C1CN([C@H](C)c2ccccc2)C(=O)[C@@H]1O.C[C@H](c1ccccc1)N1CC(C(F)F)CC1=O. The third-order valence-electron chi connectivity index (χ3n) is 6.98. The van der Waals surface area contributed by atoms with Crippen LogP contribution in [0.2, 0.25) is 0 Å². The molecule has 1 N–H and O–H groups in total. The van der Waals surface area contributed by atoms with Gasteiger partial charge in [-0.3, -0.25) is 9.59 Å². The number of benzene rings is 2. The van der Waals surface area contributed by atoms with Crippen LogP contribution in [-0.2, 0) is 9.59 Å². The minimum atomic E-state index is -2.41. The van der Waals surface area contributed by atoms with E-state index in [9.17, 15) is 27.9 Å². The maximum Gasteiger partial charge on any atom is 0.252 e. The number of nitrogens with zero attached hydrogens (tertiary/aromatic N) is 2. The molecular formula is C27H33F3N2O3. The summed E-state index contributed by atoms with van der Waals surface area (Å²) >= 11 is 0. The molecule has 2 fully saturated rings. The molecule has 2 aliphatic heterocycles. The molecule has 2 amide bonds. The van der Waals surface area contributed by atoms with E-state index in [1.54, 1.807) is 9.80 Å². The third-order valence-corrected chi connectivity index (χ3v) is 6.98. The number of hydrogen-bond donors (Lipinski definition) is 1. The van der Waals surface area contributed by atoms with Crippen molar-refractivity contribution in [2.75, 3.05) is 13.1 Å². The Labute approximate surface area is 204 Å². The number of aliphatic hydroxyl groups excluding tert-OH is 1. The topological polar surface area (TPSA) is 60.9 Å². The van der Waals surface area contributed by atoms with E-state index < -0.39 is 30.5 Å². The first kappa shape index (κ1) is 26.7. The highest BCUT2D eigenvalue weighted by Crippen LogP contribution is 2.32. The molecule has 0 aromatic heterocycles. The van der Waals surface area contributed by atoms with Crippen molar-refractivity contribution in [1.82, 2.24) is 9.80 Å². The summed E-state index contributed by atoms with van der Waals surface area (Å²) in [4.78, 5) is 26.7. The van der Waals surface area contributed by atoms with Gasteiger partial charge in [0.2, 0.25) is 12.3 Å². The van der Waals surface area contributed by atoms with Gasteiger partial charge in [0.25, 0.3) is 5.91 Å². The number of hydrogen-bond acceptors (Lipinski definition) is 3. The van der Waals surface area contributed by atoms with E-state index in [2.05, 4.69) is 0 Å². The van der Waals surface area contributed by atoms with Gasteiger partial charge < -0.3 is 14.9 Å². The molecule has 2 heterocycles.